The number of hydrogen-bond donors (Lipinski definition) is 1. The summed E-state index contributed by atoms with van der Waals surface area (Å²) in [6, 6.07) is 8.84. The first kappa shape index (κ1) is 27.4. The van der Waals surface area contributed by atoms with E-state index < -0.39 is 23.5 Å². The van der Waals surface area contributed by atoms with E-state index in [1.54, 1.807) is 24.3 Å². The number of hydrogen-bond acceptors (Lipinski definition) is 6. The molecule has 0 radical (unpaired) electrons. The molecule has 0 bridgehead atoms. The van der Waals surface area contributed by atoms with Crippen LogP contribution in [0.5, 0.6) is 17.2 Å². The van der Waals surface area contributed by atoms with E-state index in [2.05, 4.69) is 13.8 Å². The molecule has 1 aliphatic rings. The standard InChI is InChI=1S/C27H33ClN2O6/c1-6-29(7-2)13-8-14-30-24(17-9-12-21(35-4)22(16-17)36-5)23(26(32)27(30)33)25(31)18-10-11-20(34-3)19(28)15-18/h9-12,15-16,24,31H,6-8,13-14H2,1-5H3/b25-23+. The Labute approximate surface area is 217 Å². The summed E-state index contributed by atoms with van der Waals surface area (Å²) >= 11 is 6.24. The minimum absolute atomic E-state index is 0.108. The molecule has 8 nitrogen and oxygen atoms in total. The highest BCUT2D eigenvalue weighted by atomic mass is 35.5. The van der Waals surface area contributed by atoms with Crippen molar-refractivity contribution in [3.8, 4) is 17.2 Å². The maximum atomic E-state index is 13.6. The summed E-state index contributed by atoms with van der Waals surface area (Å²) in [5.74, 6) is -0.690. The fourth-order valence-corrected chi connectivity index (χ4v) is 4.79. The van der Waals surface area contributed by atoms with Crippen LogP contribution in [0.1, 0.15) is 37.4 Å². The number of methoxy groups -OCH3 is 3. The molecule has 0 aliphatic carbocycles. The second kappa shape index (κ2) is 12.1. The monoisotopic (exact) mass is 516 g/mol. The molecular weight excluding hydrogens is 484 g/mol. The average molecular weight is 517 g/mol. The van der Waals surface area contributed by atoms with E-state index in [9.17, 15) is 14.7 Å². The SMILES string of the molecule is CC[NH+](CC)CCCN1C(=O)C(=O)/C(=C(/[O-])c2ccc(OC)c(Cl)c2)C1c1ccc(OC)c(OC)c1. The highest BCUT2D eigenvalue weighted by Gasteiger charge is 2.44. The summed E-state index contributed by atoms with van der Waals surface area (Å²) in [4.78, 5) is 29.3. The molecule has 1 aliphatic heterocycles. The summed E-state index contributed by atoms with van der Waals surface area (Å²) in [6.07, 6.45) is 0.690. The Morgan fingerprint density at radius 1 is 0.972 bits per heavy atom. The lowest BCUT2D eigenvalue weighted by Crippen LogP contribution is -3.11. The second-order valence-electron chi connectivity index (χ2n) is 8.50. The molecule has 1 atom stereocenters. The number of quaternary nitrogens is 1. The van der Waals surface area contributed by atoms with Gasteiger partial charge in [0, 0.05) is 18.5 Å². The summed E-state index contributed by atoms with van der Waals surface area (Å²) in [5, 5.41) is 13.9. The molecule has 1 amide bonds. The van der Waals surface area contributed by atoms with Crippen molar-refractivity contribution < 1.29 is 33.8 Å². The van der Waals surface area contributed by atoms with Crippen molar-refractivity contribution in [3.63, 3.8) is 0 Å². The van der Waals surface area contributed by atoms with E-state index in [-0.39, 0.29) is 16.2 Å². The summed E-state index contributed by atoms with van der Waals surface area (Å²) < 4.78 is 16.0. The van der Waals surface area contributed by atoms with Gasteiger partial charge in [-0.05, 0) is 49.2 Å². The van der Waals surface area contributed by atoms with E-state index in [1.807, 2.05) is 0 Å². The first-order valence-corrected chi connectivity index (χ1v) is 12.3. The van der Waals surface area contributed by atoms with Crippen LogP contribution in [-0.2, 0) is 9.59 Å². The maximum absolute atomic E-state index is 13.6. The van der Waals surface area contributed by atoms with Crippen molar-refractivity contribution in [3.05, 3.63) is 58.1 Å². The van der Waals surface area contributed by atoms with Gasteiger partial charge in [-0.25, -0.2) is 0 Å². The van der Waals surface area contributed by atoms with E-state index >= 15 is 0 Å². The van der Waals surface area contributed by atoms with Crippen LogP contribution in [0.2, 0.25) is 5.02 Å². The van der Waals surface area contributed by atoms with E-state index in [4.69, 9.17) is 25.8 Å². The molecule has 2 aromatic carbocycles. The number of ketones is 1. The Bertz CT molecular complexity index is 1150. The number of nitrogens with zero attached hydrogens (tertiary/aromatic N) is 1. The Hall–Kier alpha value is -3.23. The number of carbonyl (C=O) groups is 2. The maximum Gasteiger partial charge on any atom is 0.295 e. The van der Waals surface area contributed by atoms with Crippen molar-refractivity contribution in [2.45, 2.75) is 26.3 Å². The lowest BCUT2D eigenvalue weighted by molar-refractivity contribution is -0.896. The molecule has 2 aromatic rings. The normalized spacial score (nSPS) is 17.1. The van der Waals surface area contributed by atoms with Gasteiger partial charge in [0.15, 0.2) is 11.5 Å². The van der Waals surface area contributed by atoms with Gasteiger partial charge in [0.1, 0.15) is 5.75 Å². The minimum Gasteiger partial charge on any atom is -0.872 e. The highest BCUT2D eigenvalue weighted by Crippen LogP contribution is 2.42. The van der Waals surface area contributed by atoms with Gasteiger partial charge in [0.05, 0.1) is 52.0 Å². The Morgan fingerprint density at radius 2 is 1.61 bits per heavy atom. The van der Waals surface area contributed by atoms with Crippen molar-refractivity contribution in [1.29, 1.82) is 0 Å². The number of likely N-dealkylation sites (tertiary alicyclic amines) is 1. The van der Waals surface area contributed by atoms with Crippen LogP contribution in [0.15, 0.2) is 42.0 Å². The number of amides is 1. The topological polar surface area (TPSA) is 92.6 Å². The number of rotatable bonds is 11. The molecule has 0 spiro atoms. The molecule has 0 aromatic heterocycles. The molecule has 1 saturated heterocycles. The number of ether oxygens (including phenoxy) is 3. The van der Waals surface area contributed by atoms with Gasteiger partial charge < -0.3 is 29.1 Å². The molecule has 194 valence electrons. The summed E-state index contributed by atoms with van der Waals surface area (Å²) in [6.45, 7) is 7.35. The van der Waals surface area contributed by atoms with Crippen molar-refractivity contribution in [2.24, 2.45) is 0 Å². The van der Waals surface area contributed by atoms with Gasteiger partial charge in [-0.3, -0.25) is 9.59 Å². The van der Waals surface area contributed by atoms with Gasteiger partial charge in [0.25, 0.3) is 5.91 Å². The number of nitrogens with one attached hydrogen (secondary N) is 1. The number of benzene rings is 2. The first-order valence-electron chi connectivity index (χ1n) is 12.0. The number of halogens is 1. The van der Waals surface area contributed by atoms with Crippen LogP contribution in [-0.4, -0.2) is 64.1 Å². The molecule has 9 heteroatoms. The van der Waals surface area contributed by atoms with E-state index in [0.29, 0.717) is 35.8 Å². The zero-order valence-electron chi connectivity index (χ0n) is 21.4. The lowest BCUT2D eigenvalue weighted by atomic mass is 9.95. The highest BCUT2D eigenvalue weighted by molar-refractivity contribution is 6.46. The second-order valence-corrected chi connectivity index (χ2v) is 8.90. The number of carbonyl (C=O) groups excluding carboxylic acids is 2. The van der Waals surface area contributed by atoms with Crippen LogP contribution in [0.4, 0.5) is 0 Å². The zero-order valence-corrected chi connectivity index (χ0v) is 22.1. The van der Waals surface area contributed by atoms with E-state index in [1.165, 1.54) is 43.3 Å². The van der Waals surface area contributed by atoms with Crippen molar-refractivity contribution in [1.82, 2.24) is 4.90 Å². The van der Waals surface area contributed by atoms with Crippen LogP contribution in [0.25, 0.3) is 5.76 Å². The third-order valence-electron chi connectivity index (χ3n) is 6.60. The van der Waals surface area contributed by atoms with E-state index in [0.717, 1.165) is 19.6 Å². The smallest absolute Gasteiger partial charge is 0.295 e. The van der Waals surface area contributed by atoms with Gasteiger partial charge in [-0.15, -0.1) is 0 Å². The molecule has 3 rings (SSSR count). The zero-order chi connectivity index (χ0) is 26.4. The molecule has 1 heterocycles. The third kappa shape index (κ3) is 5.44. The Kier molecular flexibility index (Phi) is 9.23. The van der Waals surface area contributed by atoms with Crippen molar-refractivity contribution >= 4 is 29.1 Å². The van der Waals surface area contributed by atoms with Gasteiger partial charge >= 0.3 is 0 Å². The fraction of sp³-hybridized carbons (Fsp3) is 0.407. The molecule has 1 N–H and O–H groups in total. The molecule has 1 fully saturated rings. The summed E-state index contributed by atoms with van der Waals surface area (Å²) in [5.41, 5.74) is 0.686. The van der Waals surface area contributed by atoms with Crippen LogP contribution in [0.3, 0.4) is 0 Å². The Balaban J connectivity index is 2.11. The van der Waals surface area contributed by atoms with Crippen molar-refractivity contribution in [2.75, 3.05) is 47.5 Å². The first-order chi connectivity index (χ1) is 17.3. The molecule has 1 unspecified atom stereocenters. The largest absolute Gasteiger partial charge is 0.872 e. The van der Waals surface area contributed by atoms with Crippen LogP contribution < -0.4 is 24.2 Å². The quantitative estimate of drug-likeness (QED) is 0.279. The van der Waals surface area contributed by atoms with Crippen LogP contribution in [0, 0.1) is 0 Å². The predicted octanol–water partition coefficient (Wildman–Crippen LogP) is 1.90. The molecular formula is C27H33ClN2O6. The van der Waals surface area contributed by atoms with Gasteiger partial charge in [-0.2, -0.15) is 0 Å². The number of Topliss-reactive ketones (excluding diaryl/α,β-unsaturated/α-hetero) is 1. The molecule has 36 heavy (non-hydrogen) atoms. The lowest BCUT2D eigenvalue weighted by Gasteiger charge is -2.28. The molecule has 0 saturated carbocycles. The van der Waals surface area contributed by atoms with Gasteiger partial charge in [-0.1, -0.05) is 29.5 Å². The van der Waals surface area contributed by atoms with Gasteiger partial charge in [0.2, 0.25) is 5.78 Å². The minimum atomic E-state index is -0.857. The summed E-state index contributed by atoms with van der Waals surface area (Å²) in [7, 11) is 4.50. The third-order valence-corrected chi connectivity index (χ3v) is 6.89. The fourth-order valence-electron chi connectivity index (χ4n) is 4.54. The average Bonchev–Trinajstić information content (AvgIpc) is 3.15. The Morgan fingerprint density at radius 3 is 2.19 bits per heavy atom. The predicted molar refractivity (Wildman–Crippen MR) is 135 cm³/mol. The van der Waals surface area contributed by atoms with Crippen LogP contribution >= 0.6 is 11.6 Å².